The summed E-state index contributed by atoms with van der Waals surface area (Å²) in [5.41, 5.74) is 6.92. The van der Waals surface area contributed by atoms with Crippen molar-refractivity contribution in [1.82, 2.24) is 19.7 Å². The van der Waals surface area contributed by atoms with E-state index in [1.165, 1.54) is 13.0 Å². The van der Waals surface area contributed by atoms with Gasteiger partial charge in [0, 0.05) is 47.2 Å². The van der Waals surface area contributed by atoms with E-state index in [4.69, 9.17) is 39.8 Å². The van der Waals surface area contributed by atoms with Crippen molar-refractivity contribution in [2.24, 2.45) is 0 Å². The Morgan fingerprint density at radius 2 is 1.95 bits per heavy atom. The Morgan fingerprint density at radius 3 is 2.62 bits per heavy atom. The van der Waals surface area contributed by atoms with Crippen molar-refractivity contribution in [3.8, 4) is 16.9 Å². The summed E-state index contributed by atoms with van der Waals surface area (Å²) >= 11 is 12.3. The number of hydrogen-bond acceptors (Lipinski definition) is 6. The van der Waals surface area contributed by atoms with Crippen molar-refractivity contribution in [3.05, 3.63) is 58.2 Å². The fraction of sp³-hybridized carbons (Fsp3) is 0.423. The Morgan fingerprint density at radius 1 is 1.24 bits per heavy atom. The van der Waals surface area contributed by atoms with Crippen LogP contribution in [0.15, 0.2) is 36.8 Å². The zero-order valence-electron chi connectivity index (χ0n) is 22.1. The molecule has 1 aromatic carbocycles. The number of anilines is 1. The molecule has 3 aromatic rings. The second kappa shape index (κ2) is 10.8. The highest BCUT2D eigenvalue weighted by atomic mass is 35.5. The van der Waals surface area contributed by atoms with Crippen LogP contribution < -0.4 is 10.5 Å². The zero-order valence-corrected chi connectivity index (χ0v) is 22.6. The maximum Gasteiger partial charge on any atom is 0.410 e. The fourth-order valence-corrected chi connectivity index (χ4v) is 4.72. The molecule has 198 valence electrons. The van der Waals surface area contributed by atoms with Gasteiger partial charge in [0.2, 0.25) is 0 Å². The van der Waals surface area contributed by atoms with Gasteiger partial charge in [0.15, 0.2) is 11.6 Å². The highest BCUT2D eigenvalue weighted by Crippen LogP contribution is 2.37. The van der Waals surface area contributed by atoms with Crippen molar-refractivity contribution < 1.29 is 20.0 Å². The molecular formula is C26H30Cl2FN5O3. The fourth-order valence-electron chi connectivity index (χ4n) is 4.09. The number of piperidine rings is 1. The van der Waals surface area contributed by atoms with Crippen LogP contribution in [-0.4, -0.2) is 44.4 Å². The third-order valence-corrected chi connectivity index (χ3v) is 6.65. The SMILES string of the molecule is [2H][C@](C)(Oc1cc(-c2cnn(C3CCN(C(=O)OC(C)(C)C)CC3)c2)cnc1N)c1c(Cl)ccc(F)c1Cl. The van der Waals surface area contributed by atoms with Gasteiger partial charge in [-0.15, -0.1) is 0 Å². The molecule has 3 heterocycles. The molecule has 2 N–H and O–H groups in total. The third kappa shape index (κ3) is 6.27. The van der Waals surface area contributed by atoms with Crippen LogP contribution in [0, 0.1) is 5.82 Å². The molecule has 1 atom stereocenters. The van der Waals surface area contributed by atoms with Gasteiger partial charge < -0.3 is 20.1 Å². The van der Waals surface area contributed by atoms with Crippen LogP contribution in [0.4, 0.5) is 15.0 Å². The first-order valence-corrected chi connectivity index (χ1v) is 12.6. The van der Waals surface area contributed by atoms with Crippen LogP contribution in [0.1, 0.15) is 59.6 Å². The van der Waals surface area contributed by atoms with Gasteiger partial charge in [-0.3, -0.25) is 4.68 Å². The summed E-state index contributed by atoms with van der Waals surface area (Å²) in [5.74, 6) is -0.537. The molecule has 0 aliphatic carbocycles. The number of rotatable bonds is 5. The van der Waals surface area contributed by atoms with E-state index in [-0.39, 0.29) is 39.3 Å². The molecule has 0 unspecified atom stereocenters. The number of hydrogen-bond donors (Lipinski definition) is 1. The molecule has 1 saturated heterocycles. The summed E-state index contributed by atoms with van der Waals surface area (Å²) in [6, 6.07) is 4.20. The Kier molecular flexibility index (Phi) is 7.44. The van der Waals surface area contributed by atoms with Crippen molar-refractivity contribution in [2.45, 2.75) is 58.3 Å². The minimum atomic E-state index is -1.85. The number of aromatic nitrogens is 3. The Labute approximate surface area is 226 Å². The molecule has 0 radical (unpaired) electrons. The minimum Gasteiger partial charge on any atom is -0.482 e. The largest absolute Gasteiger partial charge is 0.482 e. The molecule has 0 saturated carbocycles. The molecule has 1 fully saturated rings. The van der Waals surface area contributed by atoms with Crippen LogP contribution in [0.2, 0.25) is 10.0 Å². The smallest absolute Gasteiger partial charge is 0.410 e. The molecule has 0 spiro atoms. The van der Waals surface area contributed by atoms with E-state index < -0.39 is 17.5 Å². The maximum absolute atomic E-state index is 14.1. The van der Waals surface area contributed by atoms with Crippen LogP contribution in [0.5, 0.6) is 5.75 Å². The molecule has 8 nitrogen and oxygen atoms in total. The molecule has 11 heteroatoms. The van der Waals surface area contributed by atoms with Crippen molar-refractivity contribution in [1.29, 1.82) is 0 Å². The van der Waals surface area contributed by atoms with Crippen LogP contribution in [0.3, 0.4) is 0 Å². The predicted octanol–water partition coefficient (Wildman–Crippen LogP) is 6.69. The number of nitrogens with two attached hydrogens (primary N) is 1. The number of benzene rings is 1. The number of carbonyl (C=O) groups is 1. The summed E-state index contributed by atoms with van der Waals surface area (Å²) < 4.78 is 36.0. The standard InChI is InChI=1S/C26H30Cl2FN5O3/c1-15(22-19(27)5-6-20(29)23(22)28)36-21-11-16(12-31-24(21)30)17-13-32-34(14-17)18-7-9-33(10-8-18)25(35)37-26(2,3)4/h5-6,11-15,18H,7-10H2,1-4H3,(H2,30,31)/t15-/m1/s1/i15D. The first-order valence-electron chi connectivity index (χ1n) is 12.4. The number of likely N-dealkylation sites (tertiary alicyclic amines) is 1. The van der Waals surface area contributed by atoms with Crippen LogP contribution in [-0.2, 0) is 4.74 Å². The van der Waals surface area contributed by atoms with Crippen LogP contribution >= 0.6 is 23.2 Å². The van der Waals surface area contributed by atoms with E-state index in [1.807, 2.05) is 31.6 Å². The second-order valence-corrected chi connectivity index (χ2v) is 10.7. The van der Waals surface area contributed by atoms with Crippen molar-refractivity contribution in [2.75, 3.05) is 18.8 Å². The zero-order chi connectivity index (χ0) is 27.8. The van der Waals surface area contributed by atoms with Crippen molar-refractivity contribution in [3.63, 3.8) is 0 Å². The summed E-state index contributed by atoms with van der Waals surface area (Å²) in [5, 5.41) is 4.32. The lowest BCUT2D eigenvalue weighted by Gasteiger charge is -2.33. The summed E-state index contributed by atoms with van der Waals surface area (Å²) in [7, 11) is 0. The Bertz CT molecular complexity index is 1340. The monoisotopic (exact) mass is 550 g/mol. The first kappa shape index (κ1) is 25.6. The molecular weight excluding hydrogens is 520 g/mol. The number of amides is 1. The summed E-state index contributed by atoms with van der Waals surface area (Å²) in [4.78, 5) is 18.3. The number of carbonyl (C=O) groups excluding carboxylic acids is 1. The summed E-state index contributed by atoms with van der Waals surface area (Å²) in [6.45, 7) is 8.09. The van der Waals surface area contributed by atoms with E-state index in [9.17, 15) is 9.18 Å². The molecule has 1 aliphatic rings. The molecule has 2 aromatic heterocycles. The number of nitrogens with zero attached hydrogens (tertiary/aromatic N) is 4. The predicted molar refractivity (Wildman–Crippen MR) is 141 cm³/mol. The third-order valence-electron chi connectivity index (χ3n) is 5.97. The van der Waals surface area contributed by atoms with Crippen LogP contribution in [0.25, 0.3) is 11.1 Å². The van der Waals surface area contributed by atoms with Gasteiger partial charge in [-0.05, 0) is 58.7 Å². The van der Waals surface area contributed by atoms with Gasteiger partial charge in [-0.25, -0.2) is 14.2 Å². The average Bonchev–Trinajstić information content (AvgIpc) is 3.32. The Balaban J connectivity index is 1.49. The topological polar surface area (TPSA) is 95.5 Å². The first-order chi connectivity index (χ1) is 17.7. The van der Waals surface area contributed by atoms with E-state index in [0.717, 1.165) is 24.5 Å². The van der Waals surface area contributed by atoms with E-state index in [2.05, 4.69) is 10.1 Å². The van der Waals surface area contributed by atoms with Gasteiger partial charge in [-0.1, -0.05) is 23.2 Å². The molecule has 0 bridgehead atoms. The second-order valence-electron chi connectivity index (χ2n) is 9.89. The number of pyridine rings is 1. The van der Waals surface area contributed by atoms with Gasteiger partial charge in [0.05, 0.1) is 18.6 Å². The van der Waals surface area contributed by atoms with Gasteiger partial charge in [0.1, 0.15) is 17.5 Å². The lowest BCUT2D eigenvalue weighted by Crippen LogP contribution is -2.42. The molecule has 4 rings (SSSR count). The highest BCUT2D eigenvalue weighted by Gasteiger charge is 2.28. The summed E-state index contributed by atoms with van der Waals surface area (Å²) in [6.07, 6.45) is 4.50. The lowest BCUT2D eigenvalue weighted by molar-refractivity contribution is 0.0185. The number of halogens is 3. The van der Waals surface area contributed by atoms with Gasteiger partial charge in [-0.2, -0.15) is 5.10 Å². The molecule has 1 aliphatic heterocycles. The quantitative estimate of drug-likeness (QED) is 0.355. The van der Waals surface area contributed by atoms with E-state index in [0.29, 0.717) is 18.7 Å². The Hall–Kier alpha value is -3.04. The highest BCUT2D eigenvalue weighted by molar-refractivity contribution is 6.36. The van der Waals surface area contributed by atoms with E-state index in [1.54, 1.807) is 23.4 Å². The van der Waals surface area contributed by atoms with Gasteiger partial charge in [0.25, 0.3) is 0 Å². The maximum atomic E-state index is 14.1. The van der Waals surface area contributed by atoms with Crippen molar-refractivity contribution >= 4 is 35.1 Å². The number of ether oxygens (including phenoxy) is 2. The minimum absolute atomic E-state index is 0.0174. The molecule has 37 heavy (non-hydrogen) atoms. The normalized spacial score (nSPS) is 16.7. The lowest BCUT2D eigenvalue weighted by atomic mass is 10.1. The van der Waals surface area contributed by atoms with Gasteiger partial charge >= 0.3 is 6.09 Å². The average molecular weight is 551 g/mol. The van der Waals surface area contributed by atoms with E-state index >= 15 is 0 Å². The molecule has 1 amide bonds. The number of nitrogen functional groups attached to an aromatic ring is 1.